The number of benzene rings is 1. The fourth-order valence-corrected chi connectivity index (χ4v) is 1.83. The molecule has 0 spiro atoms. The minimum Gasteiger partial charge on any atom is -0.481 e. The second kappa shape index (κ2) is 4.55. The number of rotatable bonds is 4. The Kier molecular flexibility index (Phi) is 3.10. The molecular formula is C12H14N2O3. The van der Waals surface area contributed by atoms with Crippen molar-refractivity contribution >= 4 is 17.1 Å². The maximum absolute atomic E-state index is 11.1. The summed E-state index contributed by atoms with van der Waals surface area (Å²) in [6, 6.07) is 5.29. The van der Waals surface area contributed by atoms with Gasteiger partial charge in [0.2, 0.25) is 0 Å². The maximum Gasteiger partial charge on any atom is 0.312 e. The van der Waals surface area contributed by atoms with Crippen molar-refractivity contribution < 1.29 is 14.3 Å². The van der Waals surface area contributed by atoms with Crippen LogP contribution in [0.3, 0.4) is 0 Å². The quantitative estimate of drug-likeness (QED) is 0.839. The summed E-state index contributed by atoms with van der Waals surface area (Å²) in [6.07, 6.45) is 0. The maximum atomic E-state index is 11.1. The average Bonchev–Trinajstić information content (AvgIpc) is 2.64. The van der Waals surface area contributed by atoms with Crippen molar-refractivity contribution in [2.24, 2.45) is 0 Å². The second-order valence-electron chi connectivity index (χ2n) is 3.91. The van der Waals surface area contributed by atoms with Crippen molar-refractivity contribution in [1.82, 2.24) is 10.3 Å². The summed E-state index contributed by atoms with van der Waals surface area (Å²) < 4.78 is 5.35. The molecule has 1 heterocycles. The molecule has 0 saturated carbocycles. The van der Waals surface area contributed by atoms with Crippen LogP contribution in [0.25, 0.3) is 11.1 Å². The summed E-state index contributed by atoms with van der Waals surface area (Å²) in [6.45, 7) is 2.15. The van der Waals surface area contributed by atoms with E-state index in [1.165, 1.54) is 0 Å². The van der Waals surface area contributed by atoms with Crippen LogP contribution >= 0.6 is 0 Å². The number of carbonyl (C=O) groups is 1. The lowest BCUT2D eigenvalue weighted by Crippen LogP contribution is -2.23. The summed E-state index contributed by atoms with van der Waals surface area (Å²) >= 11 is 0. The number of likely N-dealkylation sites (N-methyl/N-ethyl adjacent to an activating group) is 1. The molecule has 5 heteroatoms. The molecule has 90 valence electrons. The number of nitrogens with one attached hydrogen (secondary N) is 1. The normalized spacial score (nSPS) is 12.8. The molecule has 2 rings (SSSR count). The predicted octanol–water partition coefficient (Wildman–Crippen LogP) is 1.52. The third-order valence-corrected chi connectivity index (χ3v) is 2.63. The van der Waals surface area contributed by atoms with E-state index in [1.807, 2.05) is 0 Å². The van der Waals surface area contributed by atoms with Gasteiger partial charge in [0, 0.05) is 13.5 Å². The second-order valence-corrected chi connectivity index (χ2v) is 3.91. The minimum absolute atomic E-state index is 0.387. The van der Waals surface area contributed by atoms with Gasteiger partial charge in [0.05, 0.1) is 5.92 Å². The number of fused-ring (bicyclic) bond motifs is 1. The molecule has 2 N–H and O–H groups in total. The van der Waals surface area contributed by atoms with Gasteiger partial charge in [0.25, 0.3) is 0 Å². The first-order valence-electron chi connectivity index (χ1n) is 5.36. The van der Waals surface area contributed by atoms with Crippen LogP contribution in [-0.4, -0.2) is 29.7 Å². The van der Waals surface area contributed by atoms with Crippen LogP contribution < -0.4 is 5.32 Å². The SMILES string of the molecule is CNCC(C(=O)O)c1ccc2oc(C)nc2c1. The Labute approximate surface area is 98.5 Å². The van der Waals surface area contributed by atoms with E-state index in [1.54, 1.807) is 32.2 Å². The van der Waals surface area contributed by atoms with E-state index in [0.29, 0.717) is 23.5 Å². The zero-order valence-electron chi connectivity index (χ0n) is 9.73. The van der Waals surface area contributed by atoms with Gasteiger partial charge in [-0.25, -0.2) is 4.98 Å². The molecule has 17 heavy (non-hydrogen) atoms. The van der Waals surface area contributed by atoms with Gasteiger partial charge in [-0.2, -0.15) is 0 Å². The van der Waals surface area contributed by atoms with Gasteiger partial charge < -0.3 is 14.8 Å². The van der Waals surface area contributed by atoms with Crippen molar-refractivity contribution in [1.29, 1.82) is 0 Å². The molecule has 0 amide bonds. The van der Waals surface area contributed by atoms with Crippen LogP contribution in [0.4, 0.5) is 0 Å². The third-order valence-electron chi connectivity index (χ3n) is 2.63. The van der Waals surface area contributed by atoms with E-state index in [9.17, 15) is 4.79 Å². The fraction of sp³-hybridized carbons (Fsp3) is 0.333. The molecule has 0 radical (unpaired) electrons. The Morgan fingerprint density at radius 1 is 1.59 bits per heavy atom. The van der Waals surface area contributed by atoms with Crippen molar-refractivity contribution in [3.63, 3.8) is 0 Å². The summed E-state index contributed by atoms with van der Waals surface area (Å²) in [5.74, 6) is -0.835. The minimum atomic E-state index is -0.848. The highest BCUT2D eigenvalue weighted by molar-refractivity contribution is 5.80. The predicted molar refractivity (Wildman–Crippen MR) is 63.0 cm³/mol. The fourth-order valence-electron chi connectivity index (χ4n) is 1.83. The standard InChI is InChI=1S/C12H14N2O3/c1-7-14-10-5-8(3-4-11(10)17-7)9(6-13-2)12(15)16/h3-5,9,13H,6H2,1-2H3,(H,15,16). The van der Waals surface area contributed by atoms with Gasteiger partial charge in [-0.15, -0.1) is 0 Å². The lowest BCUT2D eigenvalue weighted by molar-refractivity contribution is -0.138. The Balaban J connectivity index is 2.42. The lowest BCUT2D eigenvalue weighted by atomic mass is 9.99. The Hall–Kier alpha value is -1.88. The van der Waals surface area contributed by atoms with E-state index in [4.69, 9.17) is 9.52 Å². The van der Waals surface area contributed by atoms with Crippen LogP contribution in [0.2, 0.25) is 0 Å². The third kappa shape index (κ3) is 2.29. The monoisotopic (exact) mass is 234 g/mol. The highest BCUT2D eigenvalue weighted by Crippen LogP contribution is 2.22. The highest BCUT2D eigenvalue weighted by atomic mass is 16.4. The van der Waals surface area contributed by atoms with Gasteiger partial charge in [-0.3, -0.25) is 4.79 Å². The first-order chi connectivity index (χ1) is 8.11. The molecule has 0 bridgehead atoms. The lowest BCUT2D eigenvalue weighted by Gasteiger charge is -2.11. The van der Waals surface area contributed by atoms with Crippen molar-refractivity contribution in [2.45, 2.75) is 12.8 Å². The van der Waals surface area contributed by atoms with Gasteiger partial charge in [0.1, 0.15) is 5.52 Å². The van der Waals surface area contributed by atoms with E-state index < -0.39 is 11.9 Å². The number of aliphatic carboxylic acids is 1. The van der Waals surface area contributed by atoms with E-state index >= 15 is 0 Å². The topological polar surface area (TPSA) is 75.4 Å². The molecule has 2 aromatic rings. The summed E-state index contributed by atoms with van der Waals surface area (Å²) in [7, 11) is 1.73. The zero-order valence-corrected chi connectivity index (χ0v) is 9.73. The molecule has 1 unspecified atom stereocenters. The molecule has 1 atom stereocenters. The number of hydrogen-bond acceptors (Lipinski definition) is 4. The Morgan fingerprint density at radius 3 is 3.00 bits per heavy atom. The summed E-state index contributed by atoms with van der Waals surface area (Å²) in [5, 5.41) is 12.0. The largest absolute Gasteiger partial charge is 0.481 e. The summed E-state index contributed by atoms with van der Waals surface area (Å²) in [5.41, 5.74) is 2.11. The number of carboxylic acids is 1. The molecule has 0 aliphatic rings. The first-order valence-corrected chi connectivity index (χ1v) is 5.36. The molecule has 5 nitrogen and oxygen atoms in total. The number of carboxylic acid groups (broad SMARTS) is 1. The Morgan fingerprint density at radius 2 is 2.35 bits per heavy atom. The smallest absolute Gasteiger partial charge is 0.312 e. The molecule has 1 aromatic heterocycles. The van der Waals surface area contributed by atoms with Crippen LogP contribution in [0.5, 0.6) is 0 Å². The summed E-state index contributed by atoms with van der Waals surface area (Å²) in [4.78, 5) is 15.3. The first kappa shape index (κ1) is 11.6. The molecule has 0 aliphatic heterocycles. The van der Waals surface area contributed by atoms with Crippen LogP contribution in [0.1, 0.15) is 17.4 Å². The van der Waals surface area contributed by atoms with Crippen LogP contribution in [-0.2, 0) is 4.79 Å². The number of nitrogens with zero attached hydrogens (tertiary/aromatic N) is 1. The van der Waals surface area contributed by atoms with Crippen molar-refractivity contribution in [2.75, 3.05) is 13.6 Å². The van der Waals surface area contributed by atoms with Gasteiger partial charge in [-0.05, 0) is 24.7 Å². The molecule has 0 fully saturated rings. The van der Waals surface area contributed by atoms with Crippen LogP contribution in [0, 0.1) is 6.92 Å². The van der Waals surface area contributed by atoms with Gasteiger partial charge in [-0.1, -0.05) is 6.07 Å². The average molecular weight is 234 g/mol. The van der Waals surface area contributed by atoms with E-state index in [2.05, 4.69) is 10.3 Å². The number of aromatic nitrogens is 1. The number of hydrogen-bond donors (Lipinski definition) is 2. The van der Waals surface area contributed by atoms with E-state index in [0.717, 1.165) is 5.56 Å². The number of oxazole rings is 1. The molecule has 0 aliphatic carbocycles. The zero-order chi connectivity index (χ0) is 12.4. The molecular weight excluding hydrogens is 220 g/mol. The Bertz CT molecular complexity index is 548. The van der Waals surface area contributed by atoms with Crippen molar-refractivity contribution in [3.8, 4) is 0 Å². The van der Waals surface area contributed by atoms with E-state index in [-0.39, 0.29) is 0 Å². The van der Waals surface area contributed by atoms with Gasteiger partial charge in [0.15, 0.2) is 11.5 Å². The number of aryl methyl sites for hydroxylation is 1. The molecule has 1 aromatic carbocycles. The highest BCUT2D eigenvalue weighted by Gasteiger charge is 2.19. The van der Waals surface area contributed by atoms with Crippen molar-refractivity contribution in [3.05, 3.63) is 29.7 Å². The van der Waals surface area contributed by atoms with Crippen LogP contribution in [0.15, 0.2) is 22.6 Å². The van der Waals surface area contributed by atoms with Gasteiger partial charge >= 0.3 is 5.97 Å². The molecule has 0 saturated heterocycles.